The van der Waals surface area contributed by atoms with Crippen LogP contribution >= 0.6 is 0 Å². The van der Waals surface area contributed by atoms with Crippen molar-refractivity contribution in [2.75, 3.05) is 6.61 Å². The fourth-order valence-corrected chi connectivity index (χ4v) is 5.41. The second kappa shape index (κ2) is 11.0. The minimum Gasteiger partial charge on any atom is -0.464 e. The van der Waals surface area contributed by atoms with E-state index in [-0.39, 0.29) is 5.97 Å². The maximum Gasteiger partial charge on any atom is 0.308 e. The molecule has 1 unspecified atom stereocenters. The van der Waals surface area contributed by atoms with E-state index in [1.54, 1.807) is 0 Å². The zero-order valence-corrected chi connectivity index (χ0v) is 21.9. The van der Waals surface area contributed by atoms with Gasteiger partial charge in [-0.25, -0.2) is 0 Å². The average Bonchev–Trinajstić information content (AvgIpc) is 3.37. The van der Waals surface area contributed by atoms with Crippen LogP contribution in [0, 0.1) is 5.92 Å². The van der Waals surface area contributed by atoms with Gasteiger partial charge in [0, 0.05) is 18.1 Å². The molecular weight excluding hydrogens is 484 g/mol. The average molecular weight is 515 g/mol. The number of hydrogen-bond acceptors (Lipinski definition) is 4. The minimum atomic E-state index is -0.287. The van der Waals surface area contributed by atoms with Crippen molar-refractivity contribution in [2.45, 2.75) is 26.2 Å². The van der Waals surface area contributed by atoms with E-state index in [9.17, 15) is 4.79 Å². The first-order valence-electron chi connectivity index (χ1n) is 13.4. The molecule has 5 nitrogen and oxygen atoms in total. The van der Waals surface area contributed by atoms with Crippen molar-refractivity contribution in [3.63, 3.8) is 0 Å². The Kier molecular flexibility index (Phi) is 6.96. The highest BCUT2D eigenvalue weighted by atomic mass is 16.5. The Morgan fingerprint density at radius 2 is 1.51 bits per heavy atom. The number of aromatic nitrogens is 2. The van der Waals surface area contributed by atoms with Crippen LogP contribution in [0.3, 0.4) is 0 Å². The van der Waals surface area contributed by atoms with E-state index < -0.39 is 0 Å². The molecule has 0 saturated carbocycles. The van der Waals surface area contributed by atoms with E-state index in [1.165, 1.54) is 12.5 Å². The smallest absolute Gasteiger partial charge is 0.308 e. The van der Waals surface area contributed by atoms with Crippen molar-refractivity contribution in [2.24, 2.45) is 5.92 Å². The van der Waals surface area contributed by atoms with Crippen LogP contribution in [0.15, 0.2) is 109 Å². The van der Waals surface area contributed by atoms with Crippen LogP contribution in [0.2, 0.25) is 0 Å². The third kappa shape index (κ3) is 5.21. The second-order valence-corrected chi connectivity index (χ2v) is 9.90. The van der Waals surface area contributed by atoms with E-state index in [4.69, 9.17) is 14.5 Å². The topological polar surface area (TPSA) is 53.4 Å². The van der Waals surface area contributed by atoms with E-state index in [1.807, 2.05) is 54.6 Å². The quantitative estimate of drug-likeness (QED) is 0.169. The van der Waals surface area contributed by atoms with Crippen molar-refractivity contribution in [1.82, 2.24) is 9.55 Å². The van der Waals surface area contributed by atoms with Crippen LogP contribution in [0.5, 0.6) is 11.8 Å². The van der Waals surface area contributed by atoms with Gasteiger partial charge in [0.15, 0.2) is 0 Å². The lowest BCUT2D eigenvalue weighted by molar-refractivity contribution is -0.131. The molecule has 0 amide bonds. The van der Waals surface area contributed by atoms with Crippen molar-refractivity contribution in [3.05, 3.63) is 120 Å². The molecule has 1 atom stereocenters. The van der Waals surface area contributed by atoms with Crippen LogP contribution in [0.4, 0.5) is 0 Å². The van der Waals surface area contributed by atoms with Gasteiger partial charge < -0.3 is 9.47 Å². The summed E-state index contributed by atoms with van der Waals surface area (Å²) in [6, 6.07) is 37.4. The number of nitrogens with zero attached hydrogens (tertiary/aromatic N) is 2. The van der Waals surface area contributed by atoms with Gasteiger partial charge in [0.05, 0.1) is 18.0 Å². The Balaban J connectivity index is 1.36. The molecule has 194 valence electrons. The normalized spacial score (nSPS) is 14.4. The largest absolute Gasteiger partial charge is 0.464 e. The van der Waals surface area contributed by atoms with Gasteiger partial charge in [0.1, 0.15) is 11.4 Å². The number of carbonyl (C=O) groups is 1. The monoisotopic (exact) mass is 514 g/mol. The van der Waals surface area contributed by atoms with Gasteiger partial charge in [0.25, 0.3) is 0 Å². The molecule has 1 heterocycles. The van der Waals surface area contributed by atoms with Gasteiger partial charge >= 0.3 is 12.0 Å². The number of benzene rings is 4. The summed E-state index contributed by atoms with van der Waals surface area (Å²) in [5.41, 5.74) is 7.36. The first-order chi connectivity index (χ1) is 19.2. The lowest BCUT2D eigenvalue weighted by Gasteiger charge is -2.26. The number of esters is 1. The maximum absolute atomic E-state index is 11.6. The number of imidazole rings is 1. The molecule has 0 N–H and O–H groups in total. The summed E-state index contributed by atoms with van der Waals surface area (Å²) in [6.45, 7) is 1.99. The standard InChI is InChI=1S/C34H30N2O3/c1-24(37)39-31-19-11-16-28-22-25(20-21-30(28)31)23-38-34-35-32(26-12-5-2-6-13-26)33(27-14-7-3-8-15-27)36(34)29-17-9-4-10-18-29/h2-19,25H,20-23H2,1H3. The predicted octanol–water partition coefficient (Wildman–Crippen LogP) is 7.32. The predicted molar refractivity (Wildman–Crippen MR) is 153 cm³/mol. The molecule has 0 aliphatic heterocycles. The van der Waals surface area contributed by atoms with E-state index in [0.29, 0.717) is 24.3 Å². The summed E-state index contributed by atoms with van der Waals surface area (Å²) in [5, 5.41) is 0. The highest BCUT2D eigenvalue weighted by Crippen LogP contribution is 2.38. The Morgan fingerprint density at radius 3 is 2.21 bits per heavy atom. The molecule has 1 aliphatic carbocycles. The molecule has 0 fully saturated rings. The van der Waals surface area contributed by atoms with Gasteiger partial charge in [0.2, 0.25) is 0 Å². The molecule has 4 aromatic carbocycles. The summed E-state index contributed by atoms with van der Waals surface area (Å²) in [5.74, 6) is 0.718. The molecular formula is C34H30N2O3. The Labute approximate surface area is 228 Å². The zero-order chi connectivity index (χ0) is 26.6. The fraction of sp³-hybridized carbons (Fsp3) is 0.176. The minimum absolute atomic E-state index is 0.287. The van der Waals surface area contributed by atoms with Crippen molar-refractivity contribution >= 4 is 5.97 Å². The van der Waals surface area contributed by atoms with Gasteiger partial charge in [-0.1, -0.05) is 91.0 Å². The first kappa shape index (κ1) is 24.7. The maximum atomic E-state index is 11.6. The number of rotatable bonds is 7. The number of ether oxygens (including phenoxy) is 2. The van der Waals surface area contributed by atoms with Crippen molar-refractivity contribution < 1.29 is 14.3 Å². The molecule has 0 spiro atoms. The Morgan fingerprint density at radius 1 is 0.846 bits per heavy atom. The zero-order valence-electron chi connectivity index (χ0n) is 21.9. The summed E-state index contributed by atoms with van der Waals surface area (Å²) in [4.78, 5) is 16.6. The number of carbonyl (C=O) groups excluding carboxylic acids is 1. The first-order valence-corrected chi connectivity index (χ1v) is 13.4. The summed E-state index contributed by atoms with van der Waals surface area (Å²) in [7, 11) is 0. The highest BCUT2D eigenvalue weighted by Gasteiger charge is 2.26. The van der Waals surface area contributed by atoms with Gasteiger partial charge in [-0.2, -0.15) is 4.98 Å². The van der Waals surface area contributed by atoms with Crippen LogP contribution < -0.4 is 9.47 Å². The molecule has 0 radical (unpaired) electrons. The fourth-order valence-electron chi connectivity index (χ4n) is 5.41. The number of hydrogen-bond donors (Lipinski definition) is 0. The van der Waals surface area contributed by atoms with Crippen LogP contribution in [0.1, 0.15) is 24.5 Å². The van der Waals surface area contributed by atoms with Crippen LogP contribution in [-0.2, 0) is 17.6 Å². The van der Waals surface area contributed by atoms with Gasteiger partial charge in [-0.3, -0.25) is 9.36 Å². The second-order valence-electron chi connectivity index (χ2n) is 9.90. The highest BCUT2D eigenvalue weighted by molar-refractivity contribution is 5.81. The van der Waals surface area contributed by atoms with Gasteiger partial charge in [-0.05, 0) is 54.5 Å². The van der Waals surface area contributed by atoms with Gasteiger partial charge in [-0.15, -0.1) is 0 Å². The lowest BCUT2D eigenvalue weighted by atomic mass is 9.84. The molecule has 39 heavy (non-hydrogen) atoms. The molecule has 5 heteroatoms. The summed E-state index contributed by atoms with van der Waals surface area (Å²) in [6.07, 6.45) is 2.67. The molecule has 6 rings (SSSR count). The SMILES string of the molecule is CC(=O)Oc1cccc2c1CCC(COc1nc(-c3ccccc3)c(-c3ccccc3)n1-c1ccccc1)C2. The Bertz CT molecular complexity index is 1580. The van der Waals surface area contributed by atoms with Crippen molar-refractivity contribution in [1.29, 1.82) is 0 Å². The molecule has 0 saturated heterocycles. The molecule has 1 aliphatic rings. The molecule has 0 bridgehead atoms. The third-order valence-electron chi connectivity index (χ3n) is 7.20. The van der Waals surface area contributed by atoms with E-state index in [2.05, 4.69) is 59.2 Å². The van der Waals surface area contributed by atoms with Crippen LogP contribution in [-0.4, -0.2) is 22.1 Å². The number of fused-ring (bicyclic) bond motifs is 1. The molecule has 5 aromatic rings. The van der Waals surface area contributed by atoms with Crippen molar-refractivity contribution in [3.8, 4) is 40.0 Å². The summed E-state index contributed by atoms with van der Waals surface area (Å²) >= 11 is 0. The van der Waals surface area contributed by atoms with E-state index in [0.717, 1.165) is 53.0 Å². The third-order valence-corrected chi connectivity index (χ3v) is 7.20. The summed E-state index contributed by atoms with van der Waals surface area (Å²) < 4.78 is 14.2. The van der Waals surface area contributed by atoms with Crippen LogP contribution in [0.25, 0.3) is 28.2 Å². The Hall–Kier alpha value is -4.64. The molecule has 1 aromatic heterocycles. The number of para-hydroxylation sites is 1. The lowest BCUT2D eigenvalue weighted by Crippen LogP contribution is -2.22. The van der Waals surface area contributed by atoms with E-state index >= 15 is 0 Å².